The Morgan fingerprint density at radius 1 is 1.27 bits per heavy atom. The minimum absolute atomic E-state index is 0.431. The van der Waals surface area contributed by atoms with Gasteiger partial charge < -0.3 is 10.5 Å². The van der Waals surface area contributed by atoms with E-state index in [1.165, 1.54) is 0 Å². The van der Waals surface area contributed by atoms with Crippen molar-refractivity contribution in [3.05, 3.63) is 48.3 Å². The molecule has 0 aliphatic heterocycles. The summed E-state index contributed by atoms with van der Waals surface area (Å²) in [7, 11) is 0. The molecule has 1 heterocycles. The van der Waals surface area contributed by atoms with Gasteiger partial charge in [-0.25, -0.2) is 4.98 Å². The summed E-state index contributed by atoms with van der Waals surface area (Å²) in [5.41, 5.74) is 6.74. The van der Waals surface area contributed by atoms with E-state index in [0.717, 1.165) is 5.56 Å². The number of rotatable bonds is 4. The summed E-state index contributed by atoms with van der Waals surface area (Å²) in [6.45, 7) is 1.01. The maximum absolute atomic E-state index is 5.59. The molecule has 0 atom stereocenters. The maximum atomic E-state index is 5.59. The molecule has 4 nitrogen and oxygen atoms in total. The first-order valence-corrected chi connectivity index (χ1v) is 4.74. The summed E-state index contributed by atoms with van der Waals surface area (Å²) < 4.78 is 7.24. The second kappa shape index (κ2) is 4.61. The van der Waals surface area contributed by atoms with E-state index in [1.807, 2.05) is 30.3 Å². The van der Waals surface area contributed by atoms with E-state index in [0.29, 0.717) is 19.3 Å². The Bertz CT molecular complexity index is 411. The van der Waals surface area contributed by atoms with Gasteiger partial charge in [-0.1, -0.05) is 30.3 Å². The number of ether oxygens (including phenoxy) is 1. The molecule has 1 aromatic heterocycles. The van der Waals surface area contributed by atoms with Gasteiger partial charge in [0.2, 0.25) is 5.95 Å². The fourth-order valence-electron chi connectivity index (χ4n) is 1.29. The highest BCUT2D eigenvalue weighted by molar-refractivity contribution is 5.16. The predicted octanol–water partition coefficient (Wildman–Crippen LogP) is 1.64. The number of nitrogens with two attached hydrogens (primary N) is 1. The highest BCUT2D eigenvalue weighted by Crippen LogP contribution is 2.03. The molecular formula is C11H13N3O. The van der Waals surface area contributed by atoms with Crippen molar-refractivity contribution in [1.29, 1.82) is 0 Å². The lowest BCUT2D eigenvalue weighted by atomic mass is 10.2. The number of imidazole rings is 1. The number of nitrogens with zero attached hydrogens (tertiary/aromatic N) is 2. The zero-order valence-electron chi connectivity index (χ0n) is 8.34. The second-order valence-electron chi connectivity index (χ2n) is 3.22. The van der Waals surface area contributed by atoms with Gasteiger partial charge in [-0.3, -0.25) is 4.57 Å². The molecule has 0 radical (unpaired) electrons. The molecule has 0 aliphatic carbocycles. The summed E-state index contributed by atoms with van der Waals surface area (Å²) >= 11 is 0. The Morgan fingerprint density at radius 2 is 2.07 bits per heavy atom. The first kappa shape index (κ1) is 9.73. The van der Waals surface area contributed by atoms with Gasteiger partial charge in [-0.2, -0.15) is 0 Å². The molecule has 78 valence electrons. The van der Waals surface area contributed by atoms with Crippen molar-refractivity contribution in [2.24, 2.45) is 0 Å². The molecule has 2 N–H and O–H groups in total. The van der Waals surface area contributed by atoms with Crippen LogP contribution in [-0.4, -0.2) is 9.55 Å². The quantitative estimate of drug-likeness (QED) is 0.821. The number of aromatic nitrogens is 2. The van der Waals surface area contributed by atoms with E-state index in [9.17, 15) is 0 Å². The molecule has 2 rings (SSSR count). The highest BCUT2D eigenvalue weighted by atomic mass is 16.5. The van der Waals surface area contributed by atoms with Crippen LogP contribution in [0.4, 0.5) is 5.95 Å². The van der Waals surface area contributed by atoms with E-state index >= 15 is 0 Å². The van der Waals surface area contributed by atoms with Gasteiger partial charge in [-0.15, -0.1) is 0 Å². The molecule has 0 bridgehead atoms. The van der Waals surface area contributed by atoms with Crippen LogP contribution < -0.4 is 5.73 Å². The van der Waals surface area contributed by atoms with Crippen molar-refractivity contribution in [1.82, 2.24) is 9.55 Å². The number of hydrogen-bond donors (Lipinski definition) is 1. The molecule has 4 heteroatoms. The summed E-state index contributed by atoms with van der Waals surface area (Å²) in [6, 6.07) is 10.0. The van der Waals surface area contributed by atoms with E-state index in [2.05, 4.69) is 4.98 Å². The normalized spacial score (nSPS) is 10.4. The predicted molar refractivity (Wildman–Crippen MR) is 57.9 cm³/mol. The van der Waals surface area contributed by atoms with Crippen LogP contribution in [-0.2, 0) is 18.1 Å². The molecule has 0 aliphatic rings. The Balaban J connectivity index is 1.83. The molecule has 1 aromatic carbocycles. The summed E-state index contributed by atoms with van der Waals surface area (Å²) in [5, 5.41) is 0. The smallest absolute Gasteiger partial charge is 0.202 e. The minimum Gasteiger partial charge on any atom is -0.369 e. The lowest BCUT2D eigenvalue weighted by molar-refractivity contribution is 0.0653. The van der Waals surface area contributed by atoms with Gasteiger partial charge in [0.05, 0.1) is 6.61 Å². The Hall–Kier alpha value is -1.81. The number of anilines is 1. The van der Waals surface area contributed by atoms with Crippen molar-refractivity contribution in [3.63, 3.8) is 0 Å². The topological polar surface area (TPSA) is 53.1 Å². The molecule has 2 aromatic rings. The van der Waals surface area contributed by atoms with Crippen molar-refractivity contribution in [2.45, 2.75) is 13.3 Å². The number of nitrogen functional groups attached to an aromatic ring is 1. The molecule has 0 unspecified atom stereocenters. The third-order valence-corrected chi connectivity index (χ3v) is 2.09. The van der Waals surface area contributed by atoms with Crippen molar-refractivity contribution >= 4 is 5.95 Å². The Labute approximate surface area is 88.3 Å². The maximum Gasteiger partial charge on any atom is 0.202 e. The molecule has 0 spiro atoms. The molecule has 0 saturated heterocycles. The largest absolute Gasteiger partial charge is 0.369 e. The SMILES string of the molecule is Nc1nccn1COCc1ccccc1. The first-order valence-electron chi connectivity index (χ1n) is 4.74. The van der Waals surface area contributed by atoms with Crippen molar-refractivity contribution < 1.29 is 4.74 Å². The van der Waals surface area contributed by atoms with Crippen molar-refractivity contribution in [3.8, 4) is 0 Å². The van der Waals surface area contributed by atoms with Crippen LogP contribution in [0.25, 0.3) is 0 Å². The van der Waals surface area contributed by atoms with E-state index < -0.39 is 0 Å². The van der Waals surface area contributed by atoms with E-state index in [1.54, 1.807) is 17.0 Å². The monoisotopic (exact) mass is 203 g/mol. The number of hydrogen-bond acceptors (Lipinski definition) is 3. The van der Waals surface area contributed by atoms with Crippen molar-refractivity contribution in [2.75, 3.05) is 5.73 Å². The minimum atomic E-state index is 0.431. The Morgan fingerprint density at radius 3 is 2.73 bits per heavy atom. The summed E-state index contributed by atoms with van der Waals surface area (Å²) in [6.07, 6.45) is 3.45. The molecule has 0 amide bonds. The third-order valence-electron chi connectivity index (χ3n) is 2.09. The molecule has 0 saturated carbocycles. The van der Waals surface area contributed by atoms with Crippen LogP contribution in [0.1, 0.15) is 5.56 Å². The van der Waals surface area contributed by atoms with Crippen LogP contribution in [0.2, 0.25) is 0 Å². The fraction of sp³-hybridized carbons (Fsp3) is 0.182. The average molecular weight is 203 g/mol. The number of benzene rings is 1. The molecule has 0 fully saturated rings. The first-order chi connectivity index (χ1) is 7.36. The Kier molecular flexibility index (Phi) is 2.99. The van der Waals surface area contributed by atoms with Gasteiger partial charge in [0, 0.05) is 12.4 Å². The van der Waals surface area contributed by atoms with Crippen LogP contribution in [0.15, 0.2) is 42.7 Å². The molecule has 15 heavy (non-hydrogen) atoms. The van der Waals surface area contributed by atoms with Crippen LogP contribution >= 0.6 is 0 Å². The van der Waals surface area contributed by atoms with Crippen LogP contribution in [0, 0.1) is 0 Å². The standard InChI is InChI=1S/C11H13N3O/c12-11-13-6-7-14(11)9-15-8-10-4-2-1-3-5-10/h1-7H,8-9H2,(H2,12,13). The third kappa shape index (κ3) is 2.57. The fourth-order valence-corrected chi connectivity index (χ4v) is 1.29. The highest BCUT2D eigenvalue weighted by Gasteiger charge is 1.97. The average Bonchev–Trinajstić information content (AvgIpc) is 2.66. The van der Waals surface area contributed by atoms with Crippen LogP contribution in [0.5, 0.6) is 0 Å². The van der Waals surface area contributed by atoms with Gasteiger partial charge in [0.15, 0.2) is 0 Å². The lowest BCUT2D eigenvalue weighted by Crippen LogP contribution is -2.05. The zero-order valence-corrected chi connectivity index (χ0v) is 8.34. The van der Waals surface area contributed by atoms with Gasteiger partial charge in [-0.05, 0) is 5.56 Å². The van der Waals surface area contributed by atoms with Gasteiger partial charge >= 0.3 is 0 Å². The zero-order chi connectivity index (χ0) is 10.5. The van der Waals surface area contributed by atoms with E-state index in [4.69, 9.17) is 10.5 Å². The van der Waals surface area contributed by atoms with Gasteiger partial charge in [0.1, 0.15) is 6.73 Å². The van der Waals surface area contributed by atoms with Crippen LogP contribution in [0.3, 0.4) is 0 Å². The summed E-state index contributed by atoms with van der Waals surface area (Å²) in [4.78, 5) is 3.90. The molecular weight excluding hydrogens is 190 g/mol. The second-order valence-corrected chi connectivity index (χ2v) is 3.22. The summed E-state index contributed by atoms with van der Waals surface area (Å²) in [5.74, 6) is 0.475. The van der Waals surface area contributed by atoms with E-state index in [-0.39, 0.29) is 0 Å². The lowest BCUT2D eigenvalue weighted by Gasteiger charge is -2.06. The van der Waals surface area contributed by atoms with Gasteiger partial charge in [0.25, 0.3) is 0 Å².